The fraction of sp³-hybridized carbons (Fsp3) is 0.385. The van der Waals surface area contributed by atoms with Gasteiger partial charge in [0.1, 0.15) is 0 Å². The summed E-state index contributed by atoms with van der Waals surface area (Å²) in [6.07, 6.45) is 9.37. The van der Waals surface area contributed by atoms with Gasteiger partial charge in [0.2, 0.25) is 0 Å². The molecule has 0 aliphatic carbocycles. The molecular weight excluding hydrogens is 212 g/mol. The number of hydrogen-bond acceptors (Lipinski definition) is 3. The summed E-state index contributed by atoms with van der Waals surface area (Å²) in [5.41, 5.74) is 8.20. The highest BCUT2D eigenvalue weighted by atomic mass is 15.0. The van der Waals surface area contributed by atoms with Crippen molar-refractivity contribution < 1.29 is 0 Å². The van der Waals surface area contributed by atoms with E-state index >= 15 is 0 Å². The van der Waals surface area contributed by atoms with Crippen molar-refractivity contribution in [1.82, 2.24) is 14.5 Å². The Morgan fingerprint density at radius 3 is 2.82 bits per heavy atom. The molecule has 2 rings (SSSR count). The van der Waals surface area contributed by atoms with Crippen LogP contribution in [-0.4, -0.2) is 20.6 Å². The molecule has 0 aliphatic rings. The van der Waals surface area contributed by atoms with Crippen LogP contribution in [0.15, 0.2) is 37.1 Å². The average Bonchev–Trinajstić information content (AvgIpc) is 2.77. The molecule has 2 aromatic heterocycles. The number of pyridine rings is 1. The zero-order valence-corrected chi connectivity index (χ0v) is 10.1. The Hall–Kier alpha value is -1.68. The molecular formula is C13H18N4. The van der Waals surface area contributed by atoms with Crippen LogP contribution >= 0.6 is 0 Å². The van der Waals surface area contributed by atoms with Crippen LogP contribution in [0.5, 0.6) is 0 Å². The minimum atomic E-state index is 0.208. The SMILES string of the molecule is CCC(N)Cc1cn(Cc2ccncc2)cn1. The maximum Gasteiger partial charge on any atom is 0.0952 e. The highest BCUT2D eigenvalue weighted by molar-refractivity contribution is 5.11. The van der Waals surface area contributed by atoms with Gasteiger partial charge in [-0.15, -0.1) is 0 Å². The van der Waals surface area contributed by atoms with E-state index in [4.69, 9.17) is 5.73 Å². The van der Waals surface area contributed by atoms with Crippen LogP contribution in [0.3, 0.4) is 0 Å². The van der Waals surface area contributed by atoms with E-state index in [1.54, 1.807) is 12.4 Å². The summed E-state index contributed by atoms with van der Waals surface area (Å²) in [5.74, 6) is 0. The molecule has 0 fully saturated rings. The molecule has 4 heteroatoms. The molecule has 0 amide bonds. The first kappa shape index (κ1) is 11.8. The van der Waals surface area contributed by atoms with Crippen molar-refractivity contribution in [2.45, 2.75) is 32.4 Å². The van der Waals surface area contributed by atoms with Crippen molar-refractivity contribution in [2.24, 2.45) is 5.73 Å². The van der Waals surface area contributed by atoms with Gasteiger partial charge < -0.3 is 10.3 Å². The second-order valence-corrected chi connectivity index (χ2v) is 4.27. The molecule has 2 heterocycles. The lowest BCUT2D eigenvalue weighted by atomic mass is 10.1. The highest BCUT2D eigenvalue weighted by Gasteiger charge is 2.04. The Morgan fingerprint density at radius 2 is 2.12 bits per heavy atom. The van der Waals surface area contributed by atoms with Gasteiger partial charge >= 0.3 is 0 Å². The summed E-state index contributed by atoms with van der Waals surface area (Å²) in [6.45, 7) is 2.93. The molecule has 0 radical (unpaired) electrons. The van der Waals surface area contributed by atoms with Crippen molar-refractivity contribution >= 4 is 0 Å². The normalized spacial score (nSPS) is 12.6. The Kier molecular flexibility index (Phi) is 3.88. The smallest absolute Gasteiger partial charge is 0.0952 e. The van der Waals surface area contributed by atoms with Crippen molar-refractivity contribution in [1.29, 1.82) is 0 Å². The summed E-state index contributed by atoms with van der Waals surface area (Å²) < 4.78 is 2.08. The number of aromatic nitrogens is 3. The van der Waals surface area contributed by atoms with E-state index in [2.05, 4.69) is 27.7 Å². The van der Waals surface area contributed by atoms with E-state index in [0.717, 1.165) is 25.1 Å². The minimum Gasteiger partial charge on any atom is -0.333 e. The van der Waals surface area contributed by atoms with Gasteiger partial charge in [0.05, 0.1) is 12.0 Å². The standard InChI is InChI=1S/C13H18N4/c1-2-12(14)7-13-9-17(10-16-13)8-11-3-5-15-6-4-11/h3-6,9-10,12H,2,7-8,14H2,1H3. The zero-order valence-electron chi connectivity index (χ0n) is 10.1. The fourth-order valence-corrected chi connectivity index (χ4v) is 1.71. The molecule has 1 atom stereocenters. The van der Waals surface area contributed by atoms with E-state index < -0.39 is 0 Å². The van der Waals surface area contributed by atoms with E-state index in [1.807, 2.05) is 18.5 Å². The molecule has 0 aromatic carbocycles. The first-order chi connectivity index (χ1) is 8.28. The predicted molar refractivity (Wildman–Crippen MR) is 67.5 cm³/mol. The molecule has 0 aliphatic heterocycles. The third-order valence-electron chi connectivity index (χ3n) is 2.80. The number of rotatable bonds is 5. The molecule has 4 nitrogen and oxygen atoms in total. The molecule has 17 heavy (non-hydrogen) atoms. The Morgan fingerprint density at radius 1 is 1.35 bits per heavy atom. The monoisotopic (exact) mass is 230 g/mol. The maximum absolute atomic E-state index is 5.91. The molecule has 2 aromatic rings. The van der Waals surface area contributed by atoms with Crippen LogP contribution < -0.4 is 5.73 Å². The second kappa shape index (κ2) is 5.59. The highest BCUT2D eigenvalue weighted by Crippen LogP contribution is 2.05. The Balaban J connectivity index is 1.99. The first-order valence-corrected chi connectivity index (χ1v) is 5.93. The van der Waals surface area contributed by atoms with E-state index in [1.165, 1.54) is 5.56 Å². The summed E-state index contributed by atoms with van der Waals surface area (Å²) in [4.78, 5) is 8.37. The lowest BCUT2D eigenvalue weighted by molar-refractivity contribution is 0.638. The lowest BCUT2D eigenvalue weighted by Crippen LogP contribution is -2.21. The van der Waals surface area contributed by atoms with Crippen molar-refractivity contribution in [3.8, 4) is 0 Å². The lowest BCUT2D eigenvalue weighted by Gasteiger charge is -2.05. The van der Waals surface area contributed by atoms with Crippen molar-refractivity contribution in [2.75, 3.05) is 0 Å². The molecule has 2 N–H and O–H groups in total. The van der Waals surface area contributed by atoms with Gasteiger partial charge in [0.15, 0.2) is 0 Å². The number of imidazole rings is 1. The maximum atomic E-state index is 5.91. The van der Waals surface area contributed by atoms with Crippen LogP contribution in [0, 0.1) is 0 Å². The molecule has 0 saturated carbocycles. The van der Waals surface area contributed by atoms with Gasteiger partial charge in [-0.3, -0.25) is 4.98 Å². The van der Waals surface area contributed by atoms with E-state index in [0.29, 0.717) is 0 Å². The van der Waals surface area contributed by atoms with Crippen LogP contribution in [0.2, 0.25) is 0 Å². The van der Waals surface area contributed by atoms with Gasteiger partial charge in [0.25, 0.3) is 0 Å². The van der Waals surface area contributed by atoms with Crippen molar-refractivity contribution in [3.63, 3.8) is 0 Å². The third-order valence-corrected chi connectivity index (χ3v) is 2.80. The second-order valence-electron chi connectivity index (χ2n) is 4.27. The predicted octanol–water partition coefficient (Wildman–Crippen LogP) is 1.61. The summed E-state index contributed by atoms with van der Waals surface area (Å²) in [5, 5.41) is 0. The van der Waals surface area contributed by atoms with Gasteiger partial charge in [-0.2, -0.15) is 0 Å². The van der Waals surface area contributed by atoms with Crippen LogP contribution in [0.1, 0.15) is 24.6 Å². The first-order valence-electron chi connectivity index (χ1n) is 5.93. The van der Waals surface area contributed by atoms with Crippen LogP contribution in [0.25, 0.3) is 0 Å². The summed E-state index contributed by atoms with van der Waals surface area (Å²) in [7, 11) is 0. The average molecular weight is 230 g/mol. The van der Waals surface area contributed by atoms with Gasteiger partial charge in [-0.1, -0.05) is 6.92 Å². The fourth-order valence-electron chi connectivity index (χ4n) is 1.71. The molecule has 0 bridgehead atoms. The van der Waals surface area contributed by atoms with Crippen LogP contribution in [-0.2, 0) is 13.0 Å². The zero-order chi connectivity index (χ0) is 12.1. The van der Waals surface area contributed by atoms with E-state index in [-0.39, 0.29) is 6.04 Å². The topological polar surface area (TPSA) is 56.7 Å². The number of nitrogens with two attached hydrogens (primary N) is 1. The third kappa shape index (κ3) is 3.39. The summed E-state index contributed by atoms with van der Waals surface area (Å²) >= 11 is 0. The van der Waals surface area contributed by atoms with Crippen molar-refractivity contribution in [3.05, 3.63) is 48.3 Å². The molecule has 0 saturated heterocycles. The van der Waals surface area contributed by atoms with E-state index in [9.17, 15) is 0 Å². The molecule has 0 spiro atoms. The quantitative estimate of drug-likeness (QED) is 0.849. The Labute approximate surface area is 102 Å². The number of hydrogen-bond donors (Lipinski definition) is 1. The molecule has 1 unspecified atom stereocenters. The van der Waals surface area contributed by atoms with Gasteiger partial charge in [0, 0.05) is 37.6 Å². The van der Waals surface area contributed by atoms with Gasteiger partial charge in [-0.05, 0) is 24.1 Å². The number of nitrogens with zero attached hydrogens (tertiary/aromatic N) is 3. The summed E-state index contributed by atoms with van der Waals surface area (Å²) in [6, 6.07) is 4.23. The van der Waals surface area contributed by atoms with Gasteiger partial charge in [-0.25, -0.2) is 4.98 Å². The van der Waals surface area contributed by atoms with Crippen LogP contribution in [0.4, 0.5) is 0 Å². The Bertz CT molecular complexity index is 449. The molecule has 90 valence electrons. The largest absolute Gasteiger partial charge is 0.333 e. The minimum absolute atomic E-state index is 0.208.